The van der Waals surface area contributed by atoms with Gasteiger partial charge in [0.1, 0.15) is 0 Å². The molecule has 0 rings (SSSR count). The van der Waals surface area contributed by atoms with Gasteiger partial charge in [-0.15, -0.1) is 0 Å². The van der Waals surface area contributed by atoms with Gasteiger partial charge in [0.25, 0.3) is 0 Å². The average molecular weight is 466 g/mol. The molecule has 0 amide bonds. The van der Waals surface area contributed by atoms with E-state index >= 15 is 0 Å². The second-order valence-electron chi connectivity index (χ2n) is 1.70. The van der Waals surface area contributed by atoms with E-state index in [1.54, 1.807) is 0 Å². The van der Waals surface area contributed by atoms with Crippen LogP contribution in [0.5, 0.6) is 0 Å². The van der Waals surface area contributed by atoms with Crippen LogP contribution in [0.1, 0.15) is 0 Å². The van der Waals surface area contributed by atoms with Gasteiger partial charge in [-0.05, 0) is 0 Å². The van der Waals surface area contributed by atoms with Crippen molar-refractivity contribution in [2.24, 2.45) is 0 Å². The number of nitrogens with zero attached hydrogens (tertiary/aromatic N) is 6. The van der Waals surface area contributed by atoms with Crippen LogP contribution in [-0.2, 0) is 12.9 Å². The van der Waals surface area contributed by atoms with E-state index in [1.165, 1.54) is 0 Å². The third kappa shape index (κ3) is 3.75. The first kappa shape index (κ1) is 26.9. The van der Waals surface area contributed by atoms with E-state index in [9.17, 15) is 0 Å². The number of hydrogen-bond donors (Lipinski definition) is 0. The van der Waals surface area contributed by atoms with Crippen molar-refractivity contribution in [2.75, 3.05) is 0 Å². The number of rotatable bonds is 0. The Hall–Kier alpha value is 2.50. The minimum Gasteiger partial charge on any atom is 1.00 e. The minimum absolute atomic E-state index is 0. The molecule has 0 fully saturated rings. The Balaban J connectivity index is -0.000000240. The first-order valence-corrected chi connectivity index (χ1v) is 9.53. The molecule has 0 aromatic carbocycles. The van der Waals surface area contributed by atoms with E-state index in [4.69, 9.17) is 31.6 Å². The smallest absolute Gasteiger partial charge is 1.00 e. The van der Waals surface area contributed by atoms with Gasteiger partial charge >= 0.3 is 226 Å². The molecule has 0 saturated carbocycles. The summed E-state index contributed by atoms with van der Waals surface area (Å²) in [5.41, 5.74) is 0. The molecule has 66 valence electrons. The van der Waals surface area contributed by atoms with Crippen LogP contribution in [0.3, 0.4) is 0 Å². The second kappa shape index (κ2) is 8.63. The molecule has 0 aliphatic rings. The van der Waals surface area contributed by atoms with Gasteiger partial charge in [-0.1, -0.05) is 0 Å². The summed E-state index contributed by atoms with van der Waals surface area (Å²) in [7, 11) is 0. The van der Waals surface area contributed by atoms with Crippen molar-refractivity contribution in [1.29, 1.82) is 31.6 Å². The van der Waals surface area contributed by atoms with Crippen molar-refractivity contribution in [3.8, 4) is 27.5 Å². The van der Waals surface area contributed by atoms with Crippen LogP contribution >= 0.6 is 0 Å². The largest absolute Gasteiger partial charge is 1.00 e. The summed E-state index contributed by atoms with van der Waals surface area (Å²) in [5.74, 6) is 0. The second-order valence-corrected chi connectivity index (χ2v) is 13.9. The molecule has 0 aliphatic heterocycles. The molecular formula is C6IrK3N6. The molecule has 0 aliphatic carbocycles. The fourth-order valence-electron chi connectivity index (χ4n) is 0.250. The Labute approximate surface area is 219 Å². The molecule has 0 aromatic rings. The molecule has 0 spiro atoms. The number of nitriles is 6. The summed E-state index contributed by atoms with van der Waals surface area (Å²) >= 11 is -6.69. The van der Waals surface area contributed by atoms with E-state index in [1.807, 2.05) is 0 Å². The zero-order chi connectivity index (χ0) is 10.7. The van der Waals surface area contributed by atoms with Gasteiger partial charge in [0.2, 0.25) is 0 Å². The van der Waals surface area contributed by atoms with Crippen LogP contribution in [0.4, 0.5) is 0 Å². The van der Waals surface area contributed by atoms with E-state index in [-0.39, 0.29) is 154 Å². The van der Waals surface area contributed by atoms with E-state index in [0.29, 0.717) is 0 Å². The van der Waals surface area contributed by atoms with Crippen LogP contribution in [0.25, 0.3) is 0 Å². The van der Waals surface area contributed by atoms with Gasteiger partial charge in [-0.25, -0.2) is 0 Å². The van der Waals surface area contributed by atoms with Crippen molar-refractivity contribution in [3.63, 3.8) is 0 Å². The summed E-state index contributed by atoms with van der Waals surface area (Å²) in [4.78, 5) is 0. The maximum Gasteiger partial charge on any atom is 1.00 e. The van der Waals surface area contributed by atoms with E-state index in [2.05, 4.69) is 0 Å². The van der Waals surface area contributed by atoms with Crippen molar-refractivity contribution in [3.05, 3.63) is 0 Å². The predicted molar refractivity (Wildman–Crippen MR) is 33.7 cm³/mol. The van der Waals surface area contributed by atoms with Crippen LogP contribution < -0.4 is 154 Å². The summed E-state index contributed by atoms with van der Waals surface area (Å²) in [5, 5.41) is 51.6. The van der Waals surface area contributed by atoms with Crippen molar-refractivity contribution in [2.45, 2.75) is 0 Å². The predicted octanol–water partition coefficient (Wildman–Crippen LogP) is -8.89. The van der Waals surface area contributed by atoms with Gasteiger partial charge in [0.15, 0.2) is 0 Å². The standard InChI is InChI=1S/6CN.Ir.3K/c6*1-2;;;;/q;;;;;;-3;3*+1. The van der Waals surface area contributed by atoms with Gasteiger partial charge in [0, 0.05) is 0 Å². The maximum absolute atomic E-state index is 8.60. The molecule has 0 heterocycles. The summed E-state index contributed by atoms with van der Waals surface area (Å²) in [6.45, 7) is 0. The average Bonchev–Trinajstić information content (AvgIpc) is 2.26. The zero-order valence-electron chi connectivity index (χ0n) is 9.02. The Morgan fingerprint density at radius 2 is 0.562 bits per heavy atom. The molecule has 0 aromatic heterocycles. The Morgan fingerprint density at radius 3 is 0.562 bits per heavy atom. The topological polar surface area (TPSA) is 143 Å². The fraction of sp³-hybridized carbons (Fsp3) is 0. The third-order valence-corrected chi connectivity index (χ3v) is 9.15. The Morgan fingerprint density at radius 1 is 0.438 bits per heavy atom. The van der Waals surface area contributed by atoms with Crippen molar-refractivity contribution in [1.82, 2.24) is 0 Å². The first-order chi connectivity index (χ1) is 5.97. The summed E-state index contributed by atoms with van der Waals surface area (Å²) < 4.78 is 6.44. The molecule has 10 heteroatoms. The SMILES string of the molecule is N#[C][Ir-3]([C]#N)([C]#N)([C]#N)([C]#N)[C]#N.[K+].[K+].[K+]. The van der Waals surface area contributed by atoms with E-state index in [0.717, 1.165) is 27.5 Å². The Bertz CT molecular complexity index is 398. The van der Waals surface area contributed by atoms with Gasteiger partial charge in [-0.3, -0.25) is 0 Å². The van der Waals surface area contributed by atoms with Crippen LogP contribution in [-0.4, -0.2) is 0 Å². The van der Waals surface area contributed by atoms with Crippen LogP contribution in [0, 0.1) is 59.1 Å². The van der Waals surface area contributed by atoms with E-state index < -0.39 is 12.9 Å². The molecular weight excluding hydrogens is 466 g/mol. The normalized spacial score (nSPS) is 10.9. The minimum atomic E-state index is -6.69. The van der Waals surface area contributed by atoms with Crippen LogP contribution in [0.2, 0.25) is 0 Å². The van der Waals surface area contributed by atoms with Gasteiger partial charge < -0.3 is 0 Å². The molecule has 0 bridgehead atoms. The monoisotopic (exact) mass is 466 g/mol. The molecule has 0 N–H and O–H groups in total. The summed E-state index contributed by atoms with van der Waals surface area (Å²) in [6, 6.07) is 0. The van der Waals surface area contributed by atoms with Gasteiger partial charge in [-0.2, -0.15) is 0 Å². The maximum atomic E-state index is 8.60. The molecule has 0 saturated heterocycles. The summed E-state index contributed by atoms with van der Waals surface area (Å²) in [6.07, 6.45) is 0. The van der Waals surface area contributed by atoms with Crippen LogP contribution in [0.15, 0.2) is 0 Å². The molecule has 0 atom stereocenters. The zero-order valence-corrected chi connectivity index (χ0v) is 20.8. The van der Waals surface area contributed by atoms with Crippen molar-refractivity contribution < 1.29 is 167 Å². The van der Waals surface area contributed by atoms with Gasteiger partial charge in [0.05, 0.1) is 0 Å². The molecule has 0 radical (unpaired) electrons. The number of hydrogen-bond acceptors (Lipinski definition) is 6. The molecule has 6 nitrogen and oxygen atoms in total. The van der Waals surface area contributed by atoms with Crippen molar-refractivity contribution >= 4 is 0 Å². The first-order valence-electron chi connectivity index (χ1n) is 2.34. The molecule has 0 unspecified atom stereocenters. The Kier molecular flexibility index (Phi) is 14.5. The third-order valence-electron chi connectivity index (χ3n) is 1.12. The quantitative estimate of drug-likeness (QED) is 0.325. The molecule has 16 heavy (non-hydrogen) atoms. The fourth-order valence-corrected chi connectivity index (χ4v) is 2.05.